The van der Waals surface area contributed by atoms with E-state index in [1.165, 1.54) is 6.33 Å². The second-order valence-corrected chi connectivity index (χ2v) is 7.12. The molecule has 1 aromatic carbocycles. The maximum atomic E-state index is 12.6. The van der Waals surface area contributed by atoms with Crippen LogP contribution in [0.4, 0.5) is 5.82 Å². The van der Waals surface area contributed by atoms with Crippen molar-refractivity contribution >= 4 is 17.4 Å². The highest BCUT2D eigenvalue weighted by Gasteiger charge is 2.33. The fourth-order valence-electron chi connectivity index (χ4n) is 3.97. The van der Waals surface area contributed by atoms with Gasteiger partial charge in [-0.3, -0.25) is 4.79 Å². The Morgan fingerprint density at radius 1 is 1.27 bits per heavy atom. The van der Waals surface area contributed by atoms with Gasteiger partial charge in [0.25, 0.3) is 0 Å². The summed E-state index contributed by atoms with van der Waals surface area (Å²) < 4.78 is 8.49. The van der Waals surface area contributed by atoms with Crippen LogP contribution in [0.25, 0.3) is 11.5 Å². The summed E-state index contributed by atoms with van der Waals surface area (Å²) in [5.74, 6) is 1.44. The Morgan fingerprint density at radius 3 is 2.93 bits per heavy atom. The minimum atomic E-state index is -0.197. The normalized spacial score (nSPS) is 15.8. The van der Waals surface area contributed by atoms with Crippen molar-refractivity contribution in [3.8, 4) is 11.6 Å². The molecule has 0 fully saturated rings. The van der Waals surface area contributed by atoms with Crippen molar-refractivity contribution in [2.24, 2.45) is 0 Å². The number of nitrogens with zero attached hydrogens (tertiary/aromatic N) is 6. The van der Waals surface area contributed by atoms with Gasteiger partial charge in [-0.2, -0.15) is 14.3 Å². The third kappa shape index (κ3) is 2.80. The van der Waals surface area contributed by atoms with Crippen LogP contribution in [-0.2, 0) is 11.4 Å². The maximum Gasteiger partial charge on any atom is 0.226 e. The van der Waals surface area contributed by atoms with Crippen molar-refractivity contribution in [3.05, 3.63) is 59.0 Å². The first-order valence-electron chi connectivity index (χ1n) is 9.43. The zero-order chi connectivity index (χ0) is 20.8. The van der Waals surface area contributed by atoms with E-state index in [4.69, 9.17) is 4.74 Å². The van der Waals surface area contributed by atoms with Crippen molar-refractivity contribution in [1.29, 1.82) is 0 Å². The molecule has 0 bridgehead atoms. The standard InChI is InChI=1S/C20H19N7O3/c1-11-19-14(12-3-4-15(30-2)13(7-12)9-28)8-18(29)22-20(19)27(24-11)17-6-5-16-23-21-10-26(16)25-17/h3-7,10,14,28H,8-9H2,1-2H3,(H,22,29)/t14-/m0/s1. The van der Waals surface area contributed by atoms with Gasteiger partial charge in [0, 0.05) is 23.5 Å². The average molecular weight is 405 g/mol. The number of aliphatic hydroxyl groups excluding tert-OH is 1. The van der Waals surface area contributed by atoms with Gasteiger partial charge in [-0.05, 0) is 36.8 Å². The summed E-state index contributed by atoms with van der Waals surface area (Å²) in [6, 6.07) is 9.18. The summed E-state index contributed by atoms with van der Waals surface area (Å²) in [5.41, 5.74) is 3.93. The monoisotopic (exact) mass is 405 g/mol. The van der Waals surface area contributed by atoms with E-state index in [9.17, 15) is 9.90 Å². The van der Waals surface area contributed by atoms with Gasteiger partial charge in [-0.1, -0.05) is 6.07 Å². The van der Waals surface area contributed by atoms with E-state index in [0.717, 1.165) is 16.8 Å². The summed E-state index contributed by atoms with van der Waals surface area (Å²) in [4.78, 5) is 12.6. The van der Waals surface area contributed by atoms with E-state index in [1.807, 2.05) is 25.1 Å². The highest BCUT2D eigenvalue weighted by Crippen LogP contribution is 2.41. The number of hydrogen-bond acceptors (Lipinski definition) is 7. The number of carbonyl (C=O) groups excluding carboxylic acids is 1. The van der Waals surface area contributed by atoms with Crippen LogP contribution >= 0.6 is 0 Å². The third-order valence-corrected chi connectivity index (χ3v) is 5.34. The van der Waals surface area contributed by atoms with Crippen LogP contribution in [0.2, 0.25) is 0 Å². The number of hydrogen-bond donors (Lipinski definition) is 2. The summed E-state index contributed by atoms with van der Waals surface area (Å²) in [5, 5.41) is 29.6. The summed E-state index contributed by atoms with van der Waals surface area (Å²) >= 11 is 0. The van der Waals surface area contributed by atoms with Crippen LogP contribution in [0.1, 0.15) is 34.7 Å². The van der Waals surface area contributed by atoms with Crippen LogP contribution in [0.15, 0.2) is 36.7 Å². The SMILES string of the molecule is COc1ccc([C@@H]2CC(=O)Nc3c2c(C)nn3-c2ccc3nncn3n2)cc1CO. The first-order valence-corrected chi connectivity index (χ1v) is 9.43. The number of carbonyl (C=O) groups is 1. The Hall–Kier alpha value is -3.79. The molecule has 4 heterocycles. The molecule has 0 spiro atoms. The lowest BCUT2D eigenvalue weighted by atomic mass is 9.85. The number of aryl methyl sites for hydroxylation is 1. The molecule has 0 aliphatic carbocycles. The quantitative estimate of drug-likeness (QED) is 0.529. The Labute approximate surface area is 171 Å². The van der Waals surface area contributed by atoms with E-state index in [0.29, 0.717) is 28.6 Å². The van der Waals surface area contributed by atoms with Gasteiger partial charge in [-0.25, -0.2) is 0 Å². The minimum Gasteiger partial charge on any atom is -0.496 e. The summed E-state index contributed by atoms with van der Waals surface area (Å²) in [7, 11) is 1.56. The predicted octanol–water partition coefficient (Wildman–Crippen LogP) is 1.59. The fourth-order valence-corrected chi connectivity index (χ4v) is 3.97. The molecule has 0 saturated heterocycles. The number of methoxy groups -OCH3 is 1. The predicted molar refractivity (Wildman–Crippen MR) is 107 cm³/mol. The number of benzene rings is 1. The molecule has 0 unspecified atom stereocenters. The van der Waals surface area contributed by atoms with Gasteiger partial charge in [0.2, 0.25) is 5.91 Å². The Bertz CT molecular complexity index is 1280. The van der Waals surface area contributed by atoms with Crippen molar-refractivity contribution in [1.82, 2.24) is 29.6 Å². The van der Waals surface area contributed by atoms with Crippen LogP contribution in [0, 0.1) is 6.92 Å². The number of nitrogens with one attached hydrogen (secondary N) is 1. The molecule has 0 radical (unpaired) electrons. The van der Waals surface area contributed by atoms with Crippen molar-refractivity contribution in [2.45, 2.75) is 25.9 Å². The summed E-state index contributed by atoms with van der Waals surface area (Å²) in [6.07, 6.45) is 1.80. The largest absolute Gasteiger partial charge is 0.496 e. The fraction of sp³-hybridized carbons (Fsp3) is 0.250. The molecule has 152 valence electrons. The van der Waals surface area contributed by atoms with Gasteiger partial charge in [0.1, 0.15) is 17.9 Å². The van der Waals surface area contributed by atoms with Gasteiger partial charge >= 0.3 is 0 Å². The number of amides is 1. The van der Waals surface area contributed by atoms with Gasteiger partial charge < -0.3 is 15.2 Å². The van der Waals surface area contributed by atoms with Crippen molar-refractivity contribution in [2.75, 3.05) is 12.4 Å². The minimum absolute atomic E-state index is 0.111. The molecule has 3 aromatic heterocycles. The molecule has 1 amide bonds. The second-order valence-electron chi connectivity index (χ2n) is 7.12. The first-order chi connectivity index (χ1) is 14.6. The van der Waals surface area contributed by atoms with E-state index in [2.05, 4.69) is 25.7 Å². The number of aromatic nitrogens is 6. The molecule has 30 heavy (non-hydrogen) atoms. The molecule has 1 aliphatic heterocycles. The van der Waals surface area contributed by atoms with E-state index < -0.39 is 0 Å². The molecule has 1 atom stereocenters. The van der Waals surface area contributed by atoms with Crippen LogP contribution in [-0.4, -0.2) is 47.7 Å². The molecular weight excluding hydrogens is 386 g/mol. The van der Waals surface area contributed by atoms with Crippen LogP contribution in [0.5, 0.6) is 5.75 Å². The van der Waals surface area contributed by atoms with E-state index >= 15 is 0 Å². The lowest BCUT2D eigenvalue weighted by Gasteiger charge is -2.25. The Kier molecular flexibility index (Phi) is 4.21. The third-order valence-electron chi connectivity index (χ3n) is 5.34. The Balaban J connectivity index is 1.64. The van der Waals surface area contributed by atoms with Gasteiger partial charge in [0.15, 0.2) is 11.5 Å². The average Bonchev–Trinajstić information content (AvgIpc) is 3.36. The van der Waals surface area contributed by atoms with Crippen molar-refractivity contribution < 1.29 is 14.6 Å². The molecule has 10 nitrogen and oxygen atoms in total. The smallest absolute Gasteiger partial charge is 0.226 e. The Morgan fingerprint density at radius 2 is 2.13 bits per heavy atom. The molecule has 1 aliphatic rings. The van der Waals surface area contributed by atoms with E-state index in [1.54, 1.807) is 28.4 Å². The molecule has 2 N–H and O–H groups in total. The first kappa shape index (κ1) is 18.3. The lowest BCUT2D eigenvalue weighted by molar-refractivity contribution is -0.116. The highest BCUT2D eigenvalue weighted by molar-refractivity contribution is 5.95. The van der Waals surface area contributed by atoms with Gasteiger partial charge in [-0.15, -0.1) is 15.3 Å². The number of anilines is 1. The maximum absolute atomic E-state index is 12.6. The number of ether oxygens (including phenoxy) is 1. The number of aliphatic hydroxyl groups is 1. The second kappa shape index (κ2) is 6.92. The number of fused-ring (bicyclic) bond motifs is 2. The van der Waals surface area contributed by atoms with Gasteiger partial charge in [0.05, 0.1) is 19.4 Å². The molecule has 4 aromatic rings. The van der Waals surface area contributed by atoms with Crippen LogP contribution in [0.3, 0.4) is 0 Å². The molecule has 5 rings (SSSR count). The van der Waals surface area contributed by atoms with E-state index in [-0.39, 0.29) is 24.9 Å². The lowest BCUT2D eigenvalue weighted by Crippen LogP contribution is -2.25. The number of rotatable bonds is 4. The highest BCUT2D eigenvalue weighted by atomic mass is 16.5. The zero-order valence-electron chi connectivity index (χ0n) is 16.4. The van der Waals surface area contributed by atoms with Crippen molar-refractivity contribution in [3.63, 3.8) is 0 Å². The zero-order valence-corrected chi connectivity index (χ0v) is 16.4. The summed E-state index contributed by atoms with van der Waals surface area (Å²) in [6.45, 7) is 1.76. The molecule has 0 saturated carbocycles. The topological polar surface area (TPSA) is 119 Å². The van der Waals surface area contributed by atoms with Crippen LogP contribution < -0.4 is 10.1 Å². The molecule has 10 heteroatoms. The molecular formula is C20H19N7O3.